The minimum atomic E-state index is -3.99. The molecule has 1 aromatic carbocycles. The Labute approximate surface area is 131 Å². The first-order valence-corrected chi connectivity index (χ1v) is 6.22. The number of nitrogens with one attached hydrogen (secondary N) is 1. The van der Waals surface area contributed by atoms with Crippen molar-refractivity contribution < 1.29 is 17.4 Å². The molecule has 0 saturated heterocycles. The first kappa shape index (κ1) is 16.9. The van der Waals surface area contributed by atoms with Crippen LogP contribution in [0.15, 0.2) is 30.3 Å². The molecule has 1 amide bonds. The van der Waals surface area contributed by atoms with Crippen molar-refractivity contribution in [2.75, 3.05) is 6.61 Å². The fraction of sp³-hybridized carbons (Fsp3) is 0.300. The second kappa shape index (κ2) is 8.05. The summed E-state index contributed by atoms with van der Waals surface area (Å²) in [7, 11) is -3.99. The van der Waals surface area contributed by atoms with Gasteiger partial charge in [0.05, 0.1) is 6.61 Å². The van der Waals surface area contributed by atoms with E-state index in [-0.39, 0.29) is 49.9 Å². The number of amides is 1. The number of hydrogen-bond donors (Lipinski definition) is 1. The van der Waals surface area contributed by atoms with Crippen LogP contribution >= 0.6 is 0 Å². The fourth-order valence-electron chi connectivity index (χ4n) is 0.984. The van der Waals surface area contributed by atoms with Crippen LogP contribution in [0.3, 0.4) is 0 Å². The van der Waals surface area contributed by atoms with Crippen LogP contribution in [0.4, 0.5) is 0 Å². The van der Waals surface area contributed by atoms with E-state index in [1.807, 2.05) is 4.72 Å². The Morgan fingerprint density at radius 3 is 2.41 bits per heavy atom. The topological polar surface area (TPSA) is 72.5 Å². The molecule has 0 aliphatic heterocycles. The van der Waals surface area contributed by atoms with Gasteiger partial charge in [-0.05, 0) is 18.6 Å². The molecule has 0 aliphatic carbocycles. The molecule has 7 heteroatoms. The van der Waals surface area contributed by atoms with Crippen molar-refractivity contribution in [3.8, 4) is 0 Å². The summed E-state index contributed by atoms with van der Waals surface area (Å²) in [6.45, 7) is 1.83. The second-order valence-electron chi connectivity index (χ2n) is 3.07. The van der Waals surface area contributed by atoms with Gasteiger partial charge in [-0.2, -0.15) is 8.42 Å². The third-order valence-corrected chi connectivity index (χ3v) is 2.61. The molecule has 5 nitrogen and oxygen atoms in total. The van der Waals surface area contributed by atoms with E-state index in [1.165, 1.54) is 12.1 Å². The molecule has 0 aromatic heterocycles. The van der Waals surface area contributed by atoms with Gasteiger partial charge in [-0.15, -0.1) is 0 Å². The average Bonchev–Trinajstić information content (AvgIpc) is 2.27. The third-order valence-electron chi connectivity index (χ3n) is 1.70. The number of carbonyl (C=O) groups excluding carboxylic acids is 1. The van der Waals surface area contributed by atoms with Gasteiger partial charge in [-0.25, -0.2) is 4.72 Å². The first-order chi connectivity index (χ1) is 7.55. The molecule has 0 fully saturated rings. The Morgan fingerprint density at radius 1 is 1.29 bits per heavy atom. The first-order valence-electron chi connectivity index (χ1n) is 4.81. The molecular formula is C10H15CaNO4S. The molecule has 0 aliphatic rings. The van der Waals surface area contributed by atoms with Crippen LogP contribution < -0.4 is 4.72 Å². The van der Waals surface area contributed by atoms with Crippen LogP contribution in [0.2, 0.25) is 0 Å². The Bertz CT molecular complexity index is 447. The van der Waals surface area contributed by atoms with E-state index in [2.05, 4.69) is 4.18 Å². The van der Waals surface area contributed by atoms with Gasteiger partial charge in [0.25, 0.3) is 5.91 Å². The monoisotopic (exact) mass is 285 g/mol. The van der Waals surface area contributed by atoms with E-state index in [1.54, 1.807) is 25.1 Å². The van der Waals surface area contributed by atoms with Crippen LogP contribution in [-0.4, -0.2) is 58.7 Å². The molecular weight excluding hydrogens is 270 g/mol. The summed E-state index contributed by atoms with van der Waals surface area (Å²) in [5.74, 6) is -0.697. The molecule has 0 atom stereocenters. The van der Waals surface area contributed by atoms with Crippen LogP contribution in [0.1, 0.15) is 23.7 Å². The van der Waals surface area contributed by atoms with Gasteiger partial charge in [0, 0.05) is 5.56 Å². The molecule has 0 heterocycles. The molecule has 17 heavy (non-hydrogen) atoms. The Morgan fingerprint density at radius 2 is 1.88 bits per heavy atom. The molecule has 1 N–H and O–H groups in total. The summed E-state index contributed by atoms with van der Waals surface area (Å²) in [6.07, 6.45) is 0.556. The normalized spacial score (nSPS) is 10.4. The van der Waals surface area contributed by atoms with Gasteiger partial charge in [0.2, 0.25) is 0 Å². The summed E-state index contributed by atoms with van der Waals surface area (Å²) in [5, 5.41) is 0. The van der Waals surface area contributed by atoms with Crippen molar-refractivity contribution in [2.24, 2.45) is 0 Å². The predicted molar refractivity (Wildman–Crippen MR) is 67.6 cm³/mol. The van der Waals surface area contributed by atoms with Crippen LogP contribution in [-0.2, 0) is 14.5 Å². The van der Waals surface area contributed by atoms with Gasteiger partial charge in [-0.1, -0.05) is 25.1 Å². The summed E-state index contributed by atoms with van der Waals surface area (Å²) in [5.41, 5.74) is 0.270. The molecule has 0 spiro atoms. The Balaban J connectivity index is 0.00000256. The molecule has 1 rings (SSSR count). The maximum atomic E-state index is 11.5. The number of benzene rings is 1. The van der Waals surface area contributed by atoms with Gasteiger partial charge >= 0.3 is 48.0 Å². The fourth-order valence-corrected chi connectivity index (χ4v) is 1.77. The van der Waals surface area contributed by atoms with Crippen LogP contribution in [0.5, 0.6) is 0 Å². The van der Waals surface area contributed by atoms with Crippen molar-refractivity contribution in [3.63, 3.8) is 0 Å². The molecule has 0 bridgehead atoms. The van der Waals surface area contributed by atoms with E-state index < -0.39 is 16.2 Å². The van der Waals surface area contributed by atoms with Crippen molar-refractivity contribution in [2.45, 2.75) is 13.3 Å². The van der Waals surface area contributed by atoms with Gasteiger partial charge in [0.1, 0.15) is 0 Å². The summed E-state index contributed by atoms with van der Waals surface area (Å²) in [6, 6.07) is 8.07. The van der Waals surface area contributed by atoms with Crippen molar-refractivity contribution in [1.29, 1.82) is 0 Å². The average molecular weight is 285 g/mol. The van der Waals surface area contributed by atoms with Gasteiger partial charge in [0.15, 0.2) is 0 Å². The van der Waals surface area contributed by atoms with E-state index in [0.29, 0.717) is 6.42 Å². The van der Waals surface area contributed by atoms with Gasteiger partial charge in [-0.3, -0.25) is 8.98 Å². The quantitative estimate of drug-likeness (QED) is 0.783. The minimum absolute atomic E-state index is 0. The summed E-state index contributed by atoms with van der Waals surface area (Å²) in [4.78, 5) is 11.5. The summed E-state index contributed by atoms with van der Waals surface area (Å²) >= 11 is 0. The zero-order valence-corrected chi connectivity index (χ0v) is 9.66. The van der Waals surface area contributed by atoms with Crippen molar-refractivity contribution in [3.05, 3.63) is 35.9 Å². The second-order valence-corrected chi connectivity index (χ2v) is 4.42. The molecule has 92 valence electrons. The van der Waals surface area contributed by atoms with E-state index in [0.717, 1.165) is 0 Å². The predicted octanol–water partition coefficient (Wildman–Crippen LogP) is 0.172. The Kier molecular flexibility index (Phi) is 7.98. The molecule has 1 aromatic rings. The van der Waals surface area contributed by atoms with Crippen LogP contribution in [0.25, 0.3) is 0 Å². The van der Waals surface area contributed by atoms with E-state index in [9.17, 15) is 13.2 Å². The molecule has 0 saturated carbocycles. The zero-order valence-electron chi connectivity index (χ0n) is 8.84. The van der Waals surface area contributed by atoms with Gasteiger partial charge < -0.3 is 0 Å². The molecule has 0 unspecified atom stereocenters. The van der Waals surface area contributed by atoms with Crippen molar-refractivity contribution in [1.82, 2.24) is 4.72 Å². The van der Waals surface area contributed by atoms with E-state index >= 15 is 0 Å². The van der Waals surface area contributed by atoms with E-state index in [4.69, 9.17) is 0 Å². The Hall–Kier alpha value is -0.140. The third kappa shape index (κ3) is 6.38. The number of hydrogen-bond acceptors (Lipinski definition) is 4. The number of rotatable bonds is 5. The van der Waals surface area contributed by atoms with Crippen molar-refractivity contribution >= 4 is 53.9 Å². The number of carbonyl (C=O) groups is 1. The SMILES string of the molecule is CCCOS(=O)(=O)NC(=O)c1ccccc1.[CaH2]. The molecule has 0 radical (unpaired) electrons. The maximum absolute atomic E-state index is 11.5. The standard InChI is InChI=1S/C10H13NO4S.Ca.2H/c1-2-8-15-16(13,14)11-10(12)9-6-4-3-5-7-9;;;/h3-7H,2,8H2,1H3,(H,11,12);;;. The van der Waals surface area contributed by atoms with Crippen LogP contribution in [0, 0.1) is 0 Å². The summed E-state index contributed by atoms with van der Waals surface area (Å²) < 4.78 is 28.8. The zero-order chi connectivity index (χ0) is 12.0.